The van der Waals surface area contributed by atoms with Gasteiger partial charge in [0.1, 0.15) is 0 Å². The minimum absolute atomic E-state index is 0.572. The van der Waals surface area contributed by atoms with Crippen LogP contribution in [0.1, 0.15) is 30.5 Å². The summed E-state index contributed by atoms with van der Waals surface area (Å²) < 4.78 is 0. The fourth-order valence-corrected chi connectivity index (χ4v) is 3.66. The molecule has 2 N–H and O–H groups in total. The number of nitrogens with zero attached hydrogens (tertiary/aromatic N) is 3. The smallest absolute Gasteiger partial charge is 0.191 e. The van der Waals surface area contributed by atoms with Gasteiger partial charge >= 0.3 is 0 Å². The normalized spacial score (nSPS) is 17.7. The molecule has 1 heterocycles. The highest BCUT2D eigenvalue weighted by Crippen LogP contribution is 2.09. The zero-order valence-corrected chi connectivity index (χ0v) is 18.0. The molecule has 1 atom stereocenters. The molecule has 0 aliphatic carbocycles. The van der Waals surface area contributed by atoms with E-state index >= 15 is 0 Å². The van der Waals surface area contributed by atoms with Gasteiger partial charge in [-0.1, -0.05) is 36.2 Å². The van der Waals surface area contributed by atoms with Gasteiger partial charge in [-0.15, -0.1) is 0 Å². The lowest BCUT2D eigenvalue weighted by atomic mass is 10.1. The molecule has 1 aliphatic rings. The van der Waals surface area contributed by atoms with E-state index in [4.69, 9.17) is 4.99 Å². The predicted octanol–water partition coefficient (Wildman–Crippen LogP) is 2.28. The summed E-state index contributed by atoms with van der Waals surface area (Å²) in [6, 6.07) is 6.78. The summed E-state index contributed by atoms with van der Waals surface area (Å²) >= 11 is 0. The van der Waals surface area contributed by atoms with E-state index in [1.807, 2.05) is 0 Å². The van der Waals surface area contributed by atoms with Crippen LogP contribution in [0.5, 0.6) is 0 Å². The van der Waals surface area contributed by atoms with Gasteiger partial charge in [0.05, 0.1) is 0 Å². The van der Waals surface area contributed by atoms with Gasteiger partial charge in [-0.25, -0.2) is 0 Å². The number of rotatable bonds is 8. The van der Waals surface area contributed by atoms with E-state index in [1.54, 1.807) is 0 Å². The van der Waals surface area contributed by atoms with Crippen molar-refractivity contribution in [2.45, 2.75) is 34.1 Å². The Morgan fingerprint density at radius 1 is 1.07 bits per heavy atom. The molecule has 27 heavy (non-hydrogen) atoms. The third kappa shape index (κ3) is 8.31. The van der Waals surface area contributed by atoms with Crippen molar-refractivity contribution in [3.8, 4) is 0 Å². The van der Waals surface area contributed by atoms with E-state index in [2.05, 4.69) is 73.4 Å². The number of likely N-dealkylation sites (N-methyl/N-ethyl adjacent to an activating group) is 1. The number of hydrogen-bond donors (Lipinski definition) is 2. The first kappa shape index (κ1) is 21.7. The first-order chi connectivity index (χ1) is 13.0. The third-order valence-corrected chi connectivity index (χ3v) is 5.06. The van der Waals surface area contributed by atoms with E-state index < -0.39 is 0 Å². The Kier molecular flexibility index (Phi) is 9.08. The Balaban J connectivity index is 1.77. The molecule has 1 fully saturated rings. The molecule has 0 amide bonds. The van der Waals surface area contributed by atoms with E-state index in [9.17, 15) is 0 Å². The summed E-state index contributed by atoms with van der Waals surface area (Å²) in [6.07, 6.45) is 1.02. The Morgan fingerprint density at radius 2 is 1.74 bits per heavy atom. The molecule has 0 radical (unpaired) electrons. The second-order valence-corrected chi connectivity index (χ2v) is 8.10. The molecule has 1 aromatic carbocycles. The largest absolute Gasteiger partial charge is 0.357 e. The van der Waals surface area contributed by atoms with Crippen LogP contribution in [0.3, 0.4) is 0 Å². The van der Waals surface area contributed by atoms with E-state index in [1.165, 1.54) is 42.9 Å². The molecular weight excluding hydrogens is 334 g/mol. The van der Waals surface area contributed by atoms with Crippen molar-refractivity contribution in [3.63, 3.8) is 0 Å². The van der Waals surface area contributed by atoms with Crippen molar-refractivity contribution in [1.82, 2.24) is 20.4 Å². The lowest BCUT2D eigenvalue weighted by molar-refractivity contribution is 0.140. The van der Waals surface area contributed by atoms with Gasteiger partial charge in [0.15, 0.2) is 5.96 Å². The summed E-state index contributed by atoms with van der Waals surface area (Å²) in [4.78, 5) is 9.79. The van der Waals surface area contributed by atoms with Crippen LogP contribution in [0.4, 0.5) is 0 Å². The van der Waals surface area contributed by atoms with Crippen LogP contribution in [0, 0.1) is 19.8 Å². The van der Waals surface area contributed by atoms with Crippen molar-refractivity contribution in [2.75, 3.05) is 59.4 Å². The standard InChI is InChI=1S/C22H39N5/c1-6-23-22(24-8-7-21-14-18(2)13-19(3)15-21)25-16-20(4)17-27-11-9-26(5)10-12-27/h13-15,20H,6-12,16-17H2,1-5H3,(H2,23,24,25). The van der Waals surface area contributed by atoms with Gasteiger partial charge in [-0.2, -0.15) is 0 Å². The van der Waals surface area contributed by atoms with Crippen molar-refractivity contribution in [3.05, 3.63) is 34.9 Å². The molecule has 0 spiro atoms. The lowest BCUT2D eigenvalue weighted by Crippen LogP contribution is -2.46. The highest BCUT2D eigenvalue weighted by molar-refractivity contribution is 5.79. The number of aryl methyl sites for hydroxylation is 2. The van der Waals surface area contributed by atoms with Crippen LogP contribution in [-0.4, -0.2) is 75.2 Å². The van der Waals surface area contributed by atoms with Crippen LogP contribution in [0.25, 0.3) is 0 Å². The van der Waals surface area contributed by atoms with Crippen molar-refractivity contribution in [1.29, 1.82) is 0 Å². The quantitative estimate of drug-likeness (QED) is 0.542. The van der Waals surface area contributed by atoms with Crippen LogP contribution in [0.2, 0.25) is 0 Å². The highest BCUT2D eigenvalue weighted by Gasteiger charge is 2.15. The maximum Gasteiger partial charge on any atom is 0.191 e. The van der Waals surface area contributed by atoms with E-state index in [0.29, 0.717) is 5.92 Å². The molecule has 0 bridgehead atoms. The number of nitrogens with one attached hydrogen (secondary N) is 2. The Bertz CT molecular complexity index is 570. The molecule has 1 aliphatic heterocycles. The summed E-state index contributed by atoms with van der Waals surface area (Å²) in [5.74, 6) is 1.51. The zero-order chi connectivity index (χ0) is 19.6. The third-order valence-electron chi connectivity index (χ3n) is 5.06. The Hall–Kier alpha value is -1.59. The van der Waals surface area contributed by atoms with Crippen LogP contribution >= 0.6 is 0 Å². The lowest BCUT2D eigenvalue weighted by Gasteiger charge is -2.33. The highest BCUT2D eigenvalue weighted by atomic mass is 15.2. The zero-order valence-electron chi connectivity index (χ0n) is 18.0. The van der Waals surface area contributed by atoms with Gasteiger partial charge < -0.3 is 20.4 Å². The van der Waals surface area contributed by atoms with Gasteiger partial charge in [0.2, 0.25) is 0 Å². The number of hydrogen-bond acceptors (Lipinski definition) is 3. The molecule has 0 aromatic heterocycles. The monoisotopic (exact) mass is 373 g/mol. The van der Waals surface area contributed by atoms with Gasteiger partial charge in [0, 0.05) is 52.4 Å². The van der Waals surface area contributed by atoms with Crippen LogP contribution in [0.15, 0.2) is 23.2 Å². The first-order valence-electron chi connectivity index (χ1n) is 10.5. The fraction of sp³-hybridized carbons (Fsp3) is 0.682. The van der Waals surface area contributed by atoms with Gasteiger partial charge in [-0.3, -0.25) is 4.99 Å². The number of aliphatic imine (C=N–C) groups is 1. The minimum atomic E-state index is 0.572. The SMILES string of the molecule is CCNC(=NCC(C)CN1CCN(C)CC1)NCCc1cc(C)cc(C)c1. The van der Waals surface area contributed by atoms with E-state index in [-0.39, 0.29) is 0 Å². The molecule has 5 heteroatoms. The molecule has 152 valence electrons. The summed E-state index contributed by atoms with van der Waals surface area (Å²) in [5, 5.41) is 6.87. The molecule has 1 saturated heterocycles. The second-order valence-electron chi connectivity index (χ2n) is 8.10. The number of piperazine rings is 1. The Labute approximate surface area is 166 Å². The minimum Gasteiger partial charge on any atom is -0.357 e. The number of guanidine groups is 1. The summed E-state index contributed by atoms with van der Waals surface area (Å²) in [5.41, 5.74) is 4.06. The van der Waals surface area contributed by atoms with Crippen LogP contribution in [-0.2, 0) is 6.42 Å². The van der Waals surface area contributed by atoms with E-state index in [0.717, 1.165) is 38.6 Å². The van der Waals surface area contributed by atoms with Crippen LogP contribution < -0.4 is 10.6 Å². The van der Waals surface area contributed by atoms with Crippen molar-refractivity contribution < 1.29 is 0 Å². The molecule has 1 aromatic rings. The maximum absolute atomic E-state index is 4.82. The summed E-state index contributed by atoms with van der Waals surface area (Å²) in [6.45, 7) is 17.3. The Morgan fingerprint density at radius 3 is 2.37 bits per heavy atom. The van der Waals surface area contributed by atoms with Crippen molar-refractivity contribution in [2.24, 2.45) is 10.9 Å². The average molecular weight is 374 g/mol. The molecule has 2 rings (SSSR count). The number of benzene rings is 1. The van der Waals surface area contributed by atoms with Crippen molar-refractivity contribution >= 4 is 5.96 Å². The summed E-state index contributed by atoms with van der Waals surface area (Å²) in [7, 11) is 2.21. The molecule has 1 unspecified atom stereocenters. The molecular formula is C22H39N5. The maximum atomic E-state index is 4.82. The average Bonchev–Trinajstić information content (AvgIpc) is 2.61. The van der Waals surface area contributed by atoms with Gasteiger partial charge in [-0.05, 0) is 45.7 Å². The fourth-order valence-electron chi connectivity index (χ4n) is 3.66. The first-order valence-corrected chi connectivity index (χ1v) is 10.5. The second kappa shape index (κ2) is 11.3. The van der Waals surface area contributed by atoms with Gasteiger partial charge in [0.25, 0.3) is 0 Å². The molecule has 0 saturated carbocycles. The molecule has 5 nitrogen and oxygen atoms in total. The topological polar surface area (TPSA) is 42.9 Å². The predicted molar refractivity (Wildman–Crippen MR) is 117 cm³/mol.